The van der Waals surface area contributed by atoms with Crippen molar-refractivity contribution in [2.24, 2.45) is 5.92 Å². The van der Waals surface area contributed by atoms with Gasteiger partial charge >= 0.3 is 0 Å². The van der Waals surface area contributed by atoms with Crippen molar-refractivity contribution in [3.63, 3.8) is 0 Å². The maximum Gasteiger partial charge on any atom is 0.155 e. The number of rotatable bonds is 2. The van der Waals surface area contributed by atoms with Gasteiger partial charge in [-0.2, -0.15) is 0 Å². The number of piperidine rings is 1. The summed E-state index contributed by atoms with van der Waals surface area (Å²) < 4.78 is 5.93. The Bertz CT molecular complexity index is 329. The molecule has 0 aromatic rings. The van der Waals surface area contributed by atoms with Gasteiger partial charge in [0, 0.05) is 12.5 Å². The summed E-state index contributed by atoms with van der Waals surface area (Å²) in [4.78, 5) is 12.8. The third-order valence-corrected chi connectivity index (χ3v) is 5.29. The number of hydrogen-bond acceptors (Lipinski definition) is 3. The second-order valence-corrected chi connectivity index (χ2v) is 6.65. The summed E-state index contributed by atoms with van der Waals surface area (Å²) in [5, 5.41) is 3.47. The zero-order valence-corrected chi connectivity index (χ0v) is 11.5. The van der Waals surface area contributed by atoms with Gasteiger partial charge in [0.2, 0.25) is 0 Å². The summed E-state index contributed by atoms with van der Waals surface area (Å²) in [6.45, 7) is 3.89. The molecule has 0 aromatic heterocycles. The van der Waals surface area contributed by atoms with Crippen LogP contribution in [0.4, 0.5) is 0 Å². The first-order valence-corrected chi connectivity index (χ1v) is 7.57. The van der Waals surface area contributed by atoms with Crippen LogP contribution in [0.5, 0.6) is 0 Å². The molecule has 2 unspecified atom stereocenters. The third kappa shape index (κ3) is 2.12. The molecule has 3 rings (SSSR count). The average Bonchev–Trinajstić information content (AvgIpc) is 2.37. The van der Waals surface area contributed by atoms with Crippen molar-refractivity contribution >= 4 is 5.78 Å². The van der Waals surface area contributed by atoms with Crippen LogP contribution in [0.3, 0.4) is 0 Å². The lowest BCUT2D eigenvalue weighted by Crippen LogP contribution is -2.57. The Labute approximate surface area is 110 Å². The van der Waals surface area contributed by atoms with E-state index in [-0.39, 0.29) is 17.1 Å². The molecule has 3 heteroatoms. The fraction of sp³-hybridized carbons (Fsp3) is 0.933. The van der Waals surface area contributed by atoms with Crippen LogP contribution in [0.1, 0.15) is 58.3 Å². The molecule has 2 atom stereocenters. The minimum absolute atomic E-state index is 0.0869. The van der Waals surface area contributed by atoms with E-state index >= 15 is 0 Å². The van der Waals surface area contributed by atoms with Crippen LogP contribution in [0, 0.1) is 5.92 Å². The highest BCUT2D eigenvalue weighted by Gasteiger charge is 2.47. The van der Waals surface area contributed by atoms with Gasteiger partial charge in [-0.25, -0.2) is 0 Å². The van der Waals surface area contributed by atoms with E-state index in [0.29, 0.717) is 5.78 Å². The smallest absolute Gasteiger partial charge is 0.155 e. The van der Waals surface area contributed by atoms with Crippen LogP contribution in [-0.2, 0) is 9.53 Å². The molecule has 1 aliphatic carbocycles. The van der Waals surface area contributed by atoms with E-state index in [2.05, 4.69) is 12.2 Å². The Kier molecular flexibility index (Phi) is 3.23. The van der Waals surface area contributed by atoms with Gasteiger partial charge in [0.1, 0.15) is 0 Å². The predicted octanol–water partition coefficient (Wildman–Crippen LogP) is 2.44. The zero-order valence-electron chi connectivity index (χ0n) is 11.5. The summed E-state index contributed by atoms with van der Waals surface area (Å²) in [6, 6.07) is 0. The second kappa shape index (κ2) is 4.61. The van der Waals surface area contributed by atoms with Crippen molar-refractivity contribution in [1.29, 1.82) is 0 Å². The number of ether oxygens (including phenoxy) is 1. The zero-order chi connectivity index (χ0) is 12.6. The number of hydrogen-bond donors (Lipinski definition) is 1. The lowest BCUT2D eigenvalue weighted by atomic mass is 9.68. The molecular formula is C15H25NO2. The highest BCUT2D eigenvalue weighted by atomic mass is 16.5. The van der Waals surface area contributed by atoms with Gasteiger partial charge in [-0.1, -0.05) is 0 Å². The SMILES string of the molecule is CC1(C(=O)C2CCOC3(CCC3)C2)CCCCN1. The number of carbonyl (C=O) groups is 1. The molecule has 18 heavy (non-hydrogen) atoms. The Hall–Kier alpha value is -0.410. The topological polar surface area (TPSA) is 38.3 Å². The summed E-state index contributed by atoms with van der Waals surface area (Å²) in [5.74, 6) is 0.687. The number of Topliss-reactive ketones (excluding diaryl/α,β-unsaturated/α-hetero) is 1. The highest BCUT2D eigenvalue weighted by Crippen LogP contribution is 2.45. The number of carbonyl (C=O) groups excluding carboxylic acids is 1. The lowest BCUT2D eigenvalue weighted by Gasteiger charge is -2.48. The average molecular weight is 251 g/mol. The Morgan fingerprint density at radius 1 is 1.22 bits per heavy atom. The lowest BCUT2D eigenvalue weighted by molar-refractivity contribution is -0.159. The predicted molar refractivity (Wildman–Crippen MR) is 70.5 cm³/mol. The van der Waals surface area contributed by atoms with Crippen LogP contribution in [0.2, 0.25) is 0 Å². The Morgan fingerprint density at radius 2 is 2.06 bits per heavy atom. The van der Waals surface area contributed by atoms with Crippen LogP contribution in [0.15, 0.2) is 0 Å². The summed E-state index contributed by atoms with van der Waals surface area (Å²) >= 11 is 0. The van der Waals surface area contributed by atoms with Crippen molar-refractivity contribution in [2.75, 3.05) is 13.2 Å². The molecule has 1 saturated carbocycles. The van der Waals surface area contributed by atoms with E-state index in [4.69, 9.17) is 4.74 Å². The maximum atomic E-state index is 12.8. The molecule has 3 aliphatic rings. The fourth-order valence-corrected chi connectivity index (χ4v) is 3.89. The molecule has 0 radical (unpaired) electrons. The summed E-state index contributed by atoms with van der Waals surface area (Å²) in [6.07, 6.45) is 8.92. The van der Waals surface area contributed by atoms with Crippen molar-refractivity contribution in [2.45, 2.75) is 69.4 Å². The number of nitrogens with one attached hydrogen (secondary N) is 1. The number of ketones is 1. The van der Waals surface area contributed by atoms with E-state index < -0.39 is 0 Å². The summed E-state index contributed by atoms with van der Waals surface area (Å²) in [7, 11) is 0. The minimum atomic E-state index is -0.259. The van der Waals surface area contributed by atoms with Gasteiger partial charge < -0.3 is 10.1 Å². The van der Waals surface area contributed by atoms with E-state index in [9.17, 15) is 4.79 Å². The third-order valence-electron chi connectivity index (χ3n) is 5.29. The molecule has 0 aromatic carbocycles. The molecule has 1 N–H and O–H groups in total. The van der Waals surface area contributed by atoms with Crippen molar-refractivity contribution in [3.8, 4) is 0 Å². The first-order valence-electron chi connectivity index (χ1n) is 7.57. The molecule has 0 bridgehead atoms. The van der Waals surface area contributed by atoms with Gasteiger partial charge in [-0.05, 0) is 64.8 Å². The molecule has 2 aliphatic heterocycles. The van der Waals surface area contributed by atoms with Crippen molar-refractivity contribution in [3.05, 3.63) is 0 Å². The molecule has 3 nitrogen and oxygen atoms in total. The van der Waals surface area contributed by atoms with E-state index in [0.717, 1.165) is 32.4 Å². The minimum Gasteiger partial charge on any atom is -0.375 e. The van der Waals surface area contributed by atoms with Gasteiger partial charge in [-0.15, -0.1) is 0 Å². The van der Waals surface area contributed by atoms with E-state index in [1.807, 2.05) is 0 Å². The molecular weight excluding hydrogens is 226 g/mol. The Balaban J connectivity index is 1.67. The van der Waals surface area contributed by atoms with Crippen LogP contribution < -0.4 is 5.32 Å². The molecule has 2 saturated heterocycles. The van der Waals surface area contributed by atoms with Crippen LogP contribution in [0.25, 0.3) is 0 Å². The van der Waals surface area contributed by atoms with Gasteiger partial charge in [0.15, 0.2) is 5.78 Å². The van der Waals surface area contributed by atoms with Crippen molar-refractivity contribution < 1.29 is 9.53 Å². The molecule has 102 valence electrons. The molecule has 1 spiro atoms. The van der Waals surface area contributed by atoms with Gasteiger partial charge in [0.05, 0.1) is 11.1 Å². The van der Waals surface area contributed by atoms with Crippen LogP contribution >= 0.6 is 0 Å². The summed E-state index contributed by atoms with van der Waals surface area (Å²) in [5.41, 5.74) is -0.172. The first kappa shape index (κ1) is 12.6. The largest absolute Gasteiger partial charge is 0.375 e. The van der Waals surface area contributed by atoms with Gasteiger partial charge in [0.25, 0.3) is 0 Å². The normalized spacial score (nSPS) is 39.3. The van der Waals surface area contributed by atoms with Crippen molar-refractivity contribution in [1.82, 2.24) is 5.32 Å². The maximum absolute atomic E-state index is 12.8. The van der Waals surface area contributed by atoms with Crippen LogP contribution in [-0.4, -0.2) is 30.1 Å². The molecule has 2 heterocycles. The fourth-order valence-electron chi connectivity index (χ4n) is 3.89. The Morgan fingerprint density at radius 3 is 2.67 bits per heavy atom. The van der Waals surface area contributed by atoms with E-state index in [1.54, 1.807) is 0 Å². The van der Waals surface area contributed by atoms with E-state index in [1.165, 1.54) is 32.1 Å². The highest BCUT2D eigenvalue weighted by molar-refractivity contribution is 5.90. The molecule has 3 fully saturated rings. The van der Waals surface area contributed by atoms with Gasteiger partial charge in [-0.3, -0.25) is 4.79 Å². The molecule has 0 amide bonds. The monoisotopic (exact) mass is 251 g/mol. The first-order chi connectivity index (χ1) is 8.64. The standard InChI is InChI=1S/C15H25NO2/c1-14(6-2-3-9-16-14)13(17)12-5-10-18-15(11-12)7-4-8-15/h12,16H,2-11H2,1H3. The second-order valence-electron chi connectivity index (χ2n) is 6.65. The quantitative estimate of drug-likeness (QED) is 0.819.